The highest BCUT2D eigenvalue weighted by molar-refractivity contribution is 7.90. The molecule has 1 aromatic rings. The van der Waals surface area contributed by atoms with Gasteiger partial charge in [0.2, 0.25) is 0 Å². The van der Waals surface area contributed by atoms with Gasteiger partial charge in [0.1, 0.15) is 5.75 Å². The van der Waals surface area contributed by atoms with Crippen LogP contribution in [0.25, 0.3) is 0 Å². The van der Waals surface area contributed by atoms with Gasteiger partial charge in [-0.1, -0.05) is 0 Å². The Morgan fingerprint density at radius 2 is 1.90 bits per heavy atom. The number of rotatable bonds is 7. The van der Waals surface area contributed by atoms with Gasteiger partial charge in [-0.3, -0.25) is 0 Å². The van der Waals surface area contributed by atoms with Gasteiger partial charge < -0.3 is 15.0 Å². The number of nitrogens with one attached hydrogen (secondary N) is 1. The lowest BCUT2D eigenvalue weighted by atomic mass is 10.3. The van der Waals surface area contributed by atoms with Crippen molar-refractivity contribution in [1.82, 2.24) is 10.2 Å². The molecule has 0 aromatic heterocycles. The first-order chi connectivity index (χ1) is 9.84. The molecule has 0 atom stereocenters. The minimum atomic E-state index is -3.18. The van der Waals surface area contributed by atoms with Crippen molar-refractivity contribution in [2.45, 2.75) is 18.2 Å². The quantitative estimate of drug-likeness (QED) is 0.774. The number of hydrogen-bond acceptors (Lipinski definition) is 4. The summed E-state index contributed by atoms with van der Waals surface area (Å²) in [6.45, 7) is 3.52. The lowest BCUT2D eigenvalue weighted by Gasteiger charge is -2.17. The average molecular weight is 314 g/mol. The Morgan fingerprint density at radius 1 is 1.29 bits per heavy atom. The molecule has 2 amide bonds. The molecule has 0 aliphatic heterocycles. The minimum Gasteiger partial charge on any atom is -0.494 e. The molecule has 0 radical (unpaired) electrons. The fourth-order valence-electron chi connectivity index (χ4n) is 1.66. The summed E-state index contributed by atoms with van der Waals surface area (Å²) in [4.78, 5) is 13.3. The van der Waals surface area contributed by atoms with Gasteiger partial charge in [-0.15, -0.1) is 0 Å². The molecule has 1 aromatic carbocycles. The summed E-state index contributed by atoms with van der Waals surface area (Å²) >= 11 is 0. The maximum Gasteiger partial charge on any atom is 0.317 e. The molecule has 0 saturated heterocycles. The van der Waals surface area contributed by atoms with Gasteiger partial charge in [-0.2, -0.15) is 0 Å². The van der Waals surface area contributed by atoms with Crippen molar-refractivity contribution in [2.24, 2.45) is 0 Å². The SMILES string of the molecule is CCNC(=O)N(C)CCCOc1ccc(S(C)(=O)=O)cc1. The molecule has 0 aliphatic carbocycles. The highest BCUT2D eigenvalue weighted by Crippen LogP contribution is 2.15. The Morgan fingerprint density at radius 3 is 2.43 bits per heavy atom. The highest BCUT2D eigenvalue weighted by Gasteiger charge is 2.07. The van der Waals surface area contributed by atoms with Crippen LogP contribution in [0.15, 0.2) is 29.2 Å². The number of hydrogen-bond donors (Lipinski definition) is 1. The smallest absolute Gasteiger partial charge is 0.317 e. The molecule has 0 spiro atoms. The van der Waals surface area contributed by atoms with Crippen LogP contribution in [0.2, 0.25) is 0 Å². The lowest BCUT2D eigenvalue weighted by molar-refractivity contribution is 0.204. The predicted molar refractivity (Wildman–Crippen MR) is 81.4 cm³/mol. The normalized spacial score (nSPS) is 11.0. The summed E-state index contributed by atoms with van der Waals surface area (Å²) in [5.74, 6) is 0.614. The van der Waals surface area contributed by atoms with Gasteiger partial charge in [0.05, 0.1) is 11.5 Å². The monoisotopic (exact) mass is 314 g/mol. The Labute approximate surface area is 126 Å². The molecule has 0 heterocycles. The number of ether oxygens (including phenoxy) is 1. The van der Waals surface area contributed by atoms with E-state index in [9.17, 15) is 13.2 Å². The van der Waals surface area contributed by atoms with Crippen molar-refractivity contribution in [3.8, 4) is 5.75 Å². The van der Waals surface area contributed by atoms with E-state index in [1.807, 2.05) is 6.92 Å². The molecule has 1 N–H and O–H groups in total. The van der Waals surface area contributed by atoms with Crippen LogP contribution in [0, 0.1) is 0 Å². The second-order valence-corrected chi connectivity index (χ2v) is 6.72. The van der Waals surface area contributed by atoms with Crippen LogP contribution in [-0.4, -0.2) is 52.3 Å². The van der Waals surface area contributed by atoms with E-state index in [4.69, 9.17) is 4.74 Å². The average Bonchev–Trinajstić information content (AvgIpc) is 2.43. The largest absolute Gasteiger partial charge is 0.494 e. The second kappa shape index (κ2) is 7.87. The van der Waals surface area contributed by atoms with Gasteiger partial charge in [-0.25, -0.2) is 13.2 Å². The molecule has 1 rings (SSSR count). The summed E-state index contributed by atoms with van der Waals surface area (Å²) < 4.78 is 28.1. The summed E-state index contributed by atoms with van der Waals surface area (Å²) in [6.07, 6.45) is 1.86. The van der Waals surface area contributed by atoms with Crippen LogP contribution in [0.5, 0.6) is 5.75 Å². The van der Waals surface area contributed by atoms with Crippen molar-refractivity contribution in [3.63, 3.8) is 0 Å². The van der Waals surface area contributed by atoms with Gasteiger partial charge in [0.25, 0.3) is 0 Å². The van der Waals surface area contributed by atoms with Crippen LogP contribution in [0.4, 0.5) is 4.79 Å². The molecule has 21 heavy (non-hydrogen) atoms. The zero-order valence-corrected chi connectivity index (χ0v) is 13.4. The number of amides is 2. The number of nitrogens with zero attached hydrogens (tertiary/aromatic N) is 1. The van der Waals surface area contributed by atoms with E-state index >= 15 is 0 Å². The third-order valence-corrected chi connectivity index (χ3v) is 3.96. The topological polar surface area (TPSA) is 75.7 Å². The molecular weight excluding hydrogens is 292 g/mol. The fourth-order valence-corrected chi connectivity index (χ4v) is 2.29. The van der Waals surface area contributed by atoms with Gasteiger partial charge in [0.15, 0.2) is 9.84 Å². The molecule has 6 nitrogen and oxygen atoms in total. The van der Waals surface area contributed by atoms with Gasteiger partial charge in [0, 0.05) is 26.4 Å². The molecule has 0 fully saturated rings. The first-order valence-electron chi connectivity index (χ1n) is 6.76. The molecule has 0 saturated carbocycles. The van der Waals surface area contributed by atoms with E-state index in [2.05, 4.69) is 5.32 Å². The number of carbonyl (C=O) groups is 1. The van der Waals surface area contributed by atoms with Crippen molar-refractivity contribution in [1.29, 1.82) is 0 Å². The first kappa shape index (κ1) is 17.3. The van der Waals surface area contributed by atoms with E-state index in [-0.39, 0.29) is 10.9 Å². The van der Waals surface area contributed by atoms with Crippen LogP contribution in [-0.2, 0) is 9.84 Å². The standard InChI is InChI=1S/C14H22N2O4S/c1-4-15-14(17)16(2)10-5-11-20-12-6-8-13(9-7-12)21(3,18)19/h6-9H,4-5,10-11H2,1-3H3,(H,15,17). The zero-order valence-electron chi connectivity index (χ0n) is 12.6. The van der Waals surface area contributed by atoms with E-state index in [0.717, 1.165) is 0 Å². The minimum absolute atomic E-state index is 0.102. The van der Waals surface area contributed by atoms with Crippen molar-refractivity contribution in [3.05, 3.63) is 24.3 Å². The third kappa shape index (κ3) is 6.03. The predicted octanol–water partition coefficient (Wildman–Crippen LogP) is 1.52. The second-order valence-electron chi connectivity index (χ2n) is 4.70. The molecule has 7 heteroatoms. The number of sulfone groups is 1. The molecule has 118 valence electrons. The van der Waals surface area contributed by atoms with Crippen LogP contribution in [0.3, 0.4) is 0 Å². The van der Waals surface area contributed by atoms with Gasteiger partial charge in [-0.05, 0) is 37.6 Å². The van der Waals surface area contributed by atoms with E-state index in [1.54, 1.807) is 24.1 Å². The van der Waals surface area contributed by atoms with Crippen molar-refractivity contribution >= 4 is 15.9 Å². The Hall–Kier alpha value is -1.76. The van der Waals surface area contributed by atoms with Crippen molar-refractivity contribution < 1.29 is 17.9 Å². The first-order valence-corrected chi connectivity index (χ1v) is 8.65. The van der Waals surface area contributed by atoms with E-state index in [1.165, 1.54) is 18.4 Å². The molecule has 0 unspecified atom stereocenters. The van der Waals surface area contributed by atoms with Gasteiger partial charge >= 0.3 is 6.03 Å². The number of urea groups is 1. The van der Waals surface area contributed by atoms with Crippen LogP contribution in [0.1, 0.15) is 13.3 Å². The van der Waals surface area contributed by atoms with Crippen LogP contribution < -0.4 is 10.1 Å². The summed E-state index contributed by atoms with van der Waals surface area (Å²) in [5, 5.41) is 2.71. The third-order valence-electron chi connectivity index (χ3n) is 2.83. The van der Waals surface area contributed by atoms with E-state index < -0.39 is 9.84 Å². The molecule has 0 aliphatic rings. The maximum atomic E-state index is 11.5. The summed E-state index contributed by atoms with van der Waals surface area (Å²) in [6, 6.07) is 6.19. The number of carbonyl (C=O) groups excluding carboxylic acids is 1. The number of benzene rings is 1. The molecule has 0 bridgehead atoms. The highest BCUT2D eigenvalue weighted by atomic mass is 32.2. The lowest BCUT2D eigenvalue weighted by Crippen LogP contribution is -2.37. The summed E-state index contributed by atoms with van der Waals surface area (Å²) in [5.41, 5.74) is 0. The molecular formula is C14H22N2O4S. The van der Waals surface area contributed by atoms with Crippen molar-refractivity contribution in [2.75, 3.05) is 33.0 Å². The zero-order chi connectivity index (χ0) is 15.9. The van der Waals surface area contributed by atoms with Crippen LogP contribution >= 0.6 is 0 Å². The Kier molecular flexibility index (Phi) is 6.48. The fraction of sp³-hybridized carbons (Fsp3) is 0.500. The Bertz CT molecular complexity index is 555. The summed E-state index contributed by atoms with van der Waals surface area (Å²) in [7, 11) is -1.45. The Balaban J connectivity index is 2.35. The van der Waals surface area contributed by atoms with E-state index in [0.29, 0.717) is 31.9 Å². The maximum absolute atomic E-state index is 11.5.